The van der Waals surface area contributed by atoms with Crippen molar-refractivity contribution in [2.24, 2.45) is 0 Å². The van der Waals surface area contributed by atoms with E-state index in [4.69, 9.17) is 17.0 Å². The van der Waals surface area contributed by atoms with Crippen LogP contribution in [0, 0.1) is 4.77 Å². The number of aromatic nitrogens is 3. The summed E-state index contributed by atoms with van der Waals surface area (Å²) in [5.74, 6) is -0.478. The van der Waals surface area contributed by atoms with Crippen LogP contribution in [0.1, 0.15) is 19.9 Å². The number of carbonyl (C=O) groups excluding carboxylic acids is 1. The molecule has 0 spiro atoms. The fraction of sp³-hybridized carbons (Fsp3) is 0.571. The minimum absolute atomic E-state index is 0.176. The smallest absolute Gasteiger partial charge is 0.343 e. The van der Waals surface area contributed by atoms with Gasteiger partial charge in [0.05, 0.1) is 6.61 Å². The number of rotatable bonds is 3. The molecule has 78 valence electrons. The molecule has 0 radical (unpaired) electrons. The Kier molecular flexibility index (Phi) is 3.23. The van der Waals surface area contributed by atoms with Gasteiger partial charge >= 0.3 is 11.7 Å². The second kappa shape index (κ2) is 4.23. The predicted molar refractivity (Wildman–Crippen MR) is 51.6 cm³/mol. The van der Waals surface area contributed by atoms with E-state index in [0.717, 1.165) is 4.57 Å². The zero-order chi connectivity index (χ0) is 10.7. The number of carbonyl (C=O) groups is 1. The predicted octanol–water partition coefficient (Wildman–Crippen LogP) is 0.358. The minimum atomic E-state index is -0.711. The lowest BCUT2D eigenvalue weighted by molar-refractivity contribution is -0.146. The Balaban J connectivity index is 3.00. The molecule has 0 aromatic carbocycles. The Morgan fingerprint density at radius 2 is 2.29 bits per heavy atom. The van der Waals surface area contributed by atoms with Crippen molar-refractivity contribution in [2.45, 2.75) is 19.9 Å². The van der Waals surface area contributed by atoms with E-state index in [2.05, 4.69) is 10.2 Å². The van der Waals surface area contributed by atoms with Gasteiger partial charge < -0.3 is 4.74 Å². The van der Waals surface area contributed by atoms with Gasteiger partial charge in [-0.3, -0.25) is 9.67 Å². The SMILES string of the molecule is CCOC(=O)C(C)n1c(=O)[nH][nH]c1=S. The maximum absolute atomic E-state index is 11.3. The lowest BCUT2D eigenvalue weighted by Crippen LogP contribution is -2.27. The minimum Gasteiger partial charge on any atom is -0.464 e. The second-order valence-corrected chi connectivity index (χ2v) is 3.05. The normalized spacial score (nSPS) is 12.4. The van der Waals surface area contributed by atoms with Gasteiger partial charge in [-0.1, -0.05) is 0 Å². The van der Waals surface area contributed by atoms with Gasteiger partial charge in [-0.05, 0) is 26.1 Å². The molecular weight excluding hydrogens is 206 g/mol. The molecule has 0 aliphatic rings. The fourth-order valence-electron chi connectivity index (χ4n) is 1.04. The first-order valence-corrected chi connectivity index (χ1v) is 4.54. The highest BCUT2D eigenvalue weighted by Crippen LogP contribution is 2.04. The number of ether oxygens (including phenoxy) is 1. The van der Waals surface area contributed by atoms with Gasteiger partial charge in [0.25, 0.3) is 0 Å². The summed E-state index contributed by atoms with van der Waals surface area (Å²) in [6, 6.07) is -0.711. The third-order valence-corrected chi connectivity index (χ3v) is 2.03. The van der Waals surface area contributed by atoms with E-state index in [9.17, 15) is 9.59 Å². The summed E-state index contributed by atoms with van der Waals surface area (Å²) >= 11 is 4.82. The number of H-pyrrole nitrogens is 2. The van der Waals surface area contributed by atoms with E-state index in [1.165, 1.54) is 0 Å². The monoisotopic (exact) mass is 217 g/mol. The molecule has 7 heteroatoms. The maximum Gasteiger partial charge on any atom is 0.343 e. The van der Waals surface area contributed by atoms with Gasteiger partial charge in [0.1, 0.15) is 6.04 Å². The fourth-order valence-corrected chi connectivity index (χ4v) is 1.33. The molecule has 14 heavy (non-hydrogen) atoms. The molecule has 0 aliphatic heterocycles. The summed E-state index contributed by atoms with van der Waals surface area (Å²) < 4.78 is 6.07. The van der Waals surface area contributed by atoms with Gasteiger partial charge in [-0.2, -0.15) is 0 Å². The van der Waals surface area contributed by atoms with Gasteiger partial charge in [0.15, 0.2) is 4.77 Å². The third kappa shape index (κ3) is 1.92. The van der Waals surface area contributed by atoms with Crippen molar-refractivity contribution in [1.29, 1.82) is 0 Å². The van der Waals surface area contributed by atoms with Crippen molar-refractivity contribution >= 4 is 18.2 Å². The third-order valence-electron chi connectivity index (χ3n) is 1.73. The maximum atomic E-state index is 11.3. The lowest BCUT2D eigenvalue weighted by Gasteiger charge is -2.09. The van der Waals surface area contributed by atoms with Crippen molar-refractivity contribution < 1.29 is 9.53 Å². The Morgan fingerprint density at radius 3 is 2.71 bits per heavy atom. The van der Waals surface area contributed by atoms with Crippen LogP contribution in [0.2, 0.25) is 0 Å². The molecule has 0 saturated carbocycles. The van der Waals surface area contributed by atoms with Gasteiger partial charge in [0.2, 0.25) is 0 Å². The first-order chi connectivity index (χ1) is 6.57. The Hall–Kier alpha value is -1.37. The zero-order valence-corrected chi connectivity index (χ0v) is 8.68. The van der Waals surface area contributed by atoms with Gasteiger partial charge in [0, 0.05) is 0 Å². The number of hydrogen-bond acceptors (Lipinski definition) is 4. The van der Waals surface area contributed by atoms with Crippen molar-refractivity contribution in [1.82, 2.24) is 14.8 Å². The van der Waals surface area contributed by atoms with Gasteiger partial charge in [-0.25, -0.2) is 14.7 Å². The first kappa shape index (κ1) is 10.7. The van der Waals surface area contributed by atoms with Crippen LogP contribution < -0.4 is 5.69 Å². The van der Waals surface area contributed by atoms with Crippen LogP contribution in [0.4, 0.5) is 0 Å². The number of esters is 1. The average Bonchev–Trinajstić information content (AvgIpc) is 2.46. The molecule has 1 aromatic heterocycles. The molecular formula is C7H11N3O3S. The highest BCUT2D eigenvalue weighted by molar-refractivity contribution is 7.71. The van der Waals surface area contributed by atoms with Crippen LogP contribution in [0.3, 0.4) is 0 Å². The molecule has 1 atom stereocenters. The van der Waals surface area contributed by atoms with E-state index in [1.54, 1.807) is 13.8 Å². The van der Waals surface area contributed by atoms with Crippen LogP contribution in [-0.2, 0) is 9.53 Å². The lowest BCUT2D eigenvalue weighted by atomic mass is 10.3. The molecule has 2 N–H and O–H groups in total. The van der Waals surface area contributed by atoms with Crippen molar-refractivity contribution in [3.8, 4) is 0 Å². The number of hydrogen-bond donors (Lipinski definition) is 2. The molecule has 0 aliphatic carbocycles. The molecule has 6 nitrogen and oxygen atoms in total. The first-order valence-electron chi connectivity index (χ1n) is 4.13. The zero-order valence-electron chi connectivity index (χ0n) is 7.86. The Bertz CT molecular complexity index is 402. The molecule has 1 unspecified atom stereocenters. The highest BCUT2D eigenvalue weighted by atomic mass is 32.1. The van der Waals surface area contributed by atoms with E-state index in [-0.39, 0.29) is 11.4 Å². The molecule has 1 heterocycles. The van der Waals surface area contributed by atoms with Crippen LogP contribution in [0.5, 0.6) is 0 Å². The highest BCUT2D eigenvalue weighted by Gasteiger charge is 2.18. The van der Waals surface area contributed by atoms with E-state index >= 15 is 0 Å². The van der Waals surface area contributed by atoms with E-state index < -0.39 is 17.7 Å². The van der Waals surface area contributed by atoms with Crippen molar-refractivity contribution in [3.63, 3.8) is 0 Å². The van der Waals surface area contributed by atoms with Crippen LogP contribution in [0.25, 0.3) is 0 Å². The summed E-state index contributed by atoms with van der Waals surface area (Å²) in [7, 11) is 0. The van der Waals surface area contributed by atoms with Crippen LogP contribution in [0.15, 0.2) is 4.79 Å². The van der Waals surface area contributed by atoms with E-state index in [0.29, 0.717) is 0 Å². The number of nitrogens with zero attached hydrogens (tertiary/aromatic N) is 1. The molecule has 0 fully saturated rings. The topological polar surface area (TPSA) is 79.9 Å². The standard InChI is InChI=1S/C7H11N3O3S/c1-3-13-5(11)4(2)10-6(12)8-9-7(10)14/h4H,3H2,1-2H3,(H,8,12)(H,9,14). The van der Waals surface area contributed by atoms with Crippen molar-refractivity contribution in [3.05, 3.63) is 15.3 Å². The molecule has 0 saturated heterocycles. The van der Waals surface area contributed by atoms with Crippen LogP contribution in [-0.4, -0.2) is 27.3 Å². The van der Waals surface area contributed by atoms with E-state index in [1.807, 2.05) is 0 Å². The molecule has 0 amide bonds. The van der Waals surface area contributed by atoms with Crippen molar-refractivity contribution in [2.75, 3.05) is 6.61 Å². The average molecular weight is 217 g/mol. The molecule has 1 aromatic rings. The molecule has 0 bridgehead atoms. The Labute approximate surface area is 84.9 Å². The second-order valence-electron chi connectivity index (χ2n) is 2.66. The number of aromatic amines is 2. The largest absolute Gasteiger partial charge is 0.464 e. The summed E-state index contributed by atoms with van der Waals surface area (Å²) in [4.78, 5) is 22.5. The van der Waals surface area contributed by atoms with Crippen LogP contribution >= 0.6 is 12.2 Å². The Morgan fingerprint density at radius 1 is 1.64 bits per heavy atom. The summed E-state index contributed by atoms with van der Waals surface area (Å²) in [5, 5.41) is 4.73. The van der Waals surface area contributed by atoms with Gasteiger partial charge in [-0.15, -0.1) is 0 Å². The molecule has 1 rings (SSSR count). The summed E-state index contributed by atoms with van der Waals surface area (Å²) in [6.07, 6.45) is 0. The quantitative estimate of drug-likeness (QED) is 0.566. The number of nitrogens with one attached hydrogen (secondary N) is 2. The summed E-state index contributed by atoms with van der Waals surface area (Å²) in [6.45, 7) is 3.53. The summed E-state index contributed by atoms with van der Waals surface area (Å²) in [5.41, 5.74) is -0.449.